The maximum absolute atomic E-state index is 12.5. The van der Waals surface area contributed by atoms with Gasteiger partial charge in [0.25, 0.3) is 0 Å². The lowest BCUT2D eigenvalue weighted by atomic mass is 9.97. The quantitative estimate of drug-likeness (QED) is 0.789. The second-order valence-electron chi connectivity index (χ2n) is 7.45. The molecule has 0 bridgehead atoms. The van der Waals surface area contributed by atoms with Crippen molar-refractivity contribution in [3.63, 3.8) is 0 Å². The largest absolute Gasteiger partial charge is 0.508 e. The Morgan fingerprint density at radius 1 is 1.11 bits per heavy atom. The van der Waals surface area contributed by atoms with Gasteiger partial charge in [0, 0.05) is 52.1 Å². The summed E-state index contributed by atoms with van der Waals surface area (Å²) < 4.78 is 5.14. The van der Waals surface area contributed by atoms with Crippen LogP contribution in [0.5, 0.6) is 5.75 Å². The molecule has 0 spiro atoms. The van der Waals surface area contributed by atoms with E-state index in [1.165, 1.54) is 0 Å². The molecule has 2 aliphatic rings. The lowest BCUT2D eigenvalue weighted by molar-refractivity contribution is 0.119. The van der Waals surface area contributed by atoms with Crippen molar-refractivity contribution in [3.8, 4) is 5.75 Å². The van der Waals surface area contributed by atoms with E-state index in [0.717, 1.165) is 77.5 Å². The van der Waals surface area contributed by atoms with Crippen LogP contribution in [0.4, 0.5) is 10.5 Å². The average molecular weight is 377 g/mol. The van der Waals surface area contributed by atoms with Gasteiger partial charge in [0.1, 0.15) is 5.75 Å². The first kappa shape index (κ1) is 19.8. The second-order valence-corrected chi connectivity index (χ2v) is 7.45. The number of phenolic OH excluding ortho intramolecular Hbond substituents is 1. The van der Waals surface area contributed by atoms with Crippen molar-refractivity contribution in [3.05, 3.63) is 24.3 Å². The SMILES string of the molecule is COCCN1CCC(CNC(=O)N2CCN(c3ccc(O)cc3)CC2)CC1. The monoisotopic (exact) mass is 376 g/mol. The molecule has 0 unspecified atom stereocenters. The molecule has 0 radical (unpaired) electrons. The summed E-state index contributed by atoms with van der Waals surface area (Å²) in [6, 6.07) is 7.31. The summed E-state index contributed by atoms with van der Waals surface area (Å²) in [6.07, 6.45) is 2.28. The van der Waals surface area contributed by atoms with Crippen molar-refractivity contribution < 1.29 is 14.6 Å². The molecular formula is C20H32N4O3. The normalized spacial score (nSPS) is 19.3. The van der Waals surface area contributed by atoms with Crippen LogP contribution < -0.4 is 10.2 Å². The van der Waals surface area contributed by atoms with Crippen molar-refractivity contribution in [2.75, 3.05) is 71.0 Å². The first-order valence-corrected chi connectivity index (χ1v) is 9.94. The van der Waals surface area contributed by atoms with E-state index in [0.29, 0.717) is 5.92 Å². The number of carbonyl (C=O) groups excluding carboxylic acids is 1. The van der Waals surface area contributed by atoms with E-state index < -0.39 is 0 Å². The van der Waals surface area contributed by atoms with Crippen LogP contribution >= 0.6 is 0 Å². The van der Waals surface area contributed by atoms with Crippen LogP contribution in [0.2, 0.25) is 0 Å². The first-order valence-electron chi connectivity index (χ1n) is 9.94. The molecule has 2 amide bonds. The van der Waals surface area contributed by atoms with E-state index in [9.17, 15) is 9.90 Å². The minimum atomic E-state index is 0.0576. The van der Waals surface area contributed by atoms with E-state index >= 15 is 0 Å². The van der Waals surface area contributed by atoms with E-state index in [1.807, 2.05) is 17.0 Å². The van der Waals surface area contributed by atoms with E-state index in [4.69, 9.17) is 4.74 Å². The van der Waals surface area contributed by atoms with Crippen LogP contribution in [0.15, 0.2) is 24.3 Å². The van der Waals surface area contributed by atoms with Crippen molar-refractivity contribution in [2.45, 2.75) is 12.8 Å². The number of nitrogens with zero attached hydrogens (tertiary/aromatic N) is 3. The summed E-state index contributed by atoms with van der Waals surface area (Å²) >= 11 is 0. The summed E-state index contributed by atoms with van der Waals surface area (Å²) in [6.45, 7) is 7.83. The molecule has 2 heterocycles. The predicted molar refractivity (Wildman–Crippen MR) is 106 cm³/mol. The van der Waals surface area contributed by atoms with Gasteiger partial charge < -0.3 is 29.9 Å². The van der Waals surface area contributed by atoms with Crippen LogP contribution in [0, 0.1) is 5.92 Å². The number of anilines is 1. The zero-order valence-corrected chi connectivity index (χ0v) is 16.3. The summed E-state index contributed by atoms with van der Waals surface area (Å²) in [5, 5.41) is 12.5. The molecular weight excluding hydrogens is 344 g/mol. The highest BCUT2D eigenvalue weighted by Gasteiger charge is 2.23. The highest BCUT2D eigenvalue weighted by molar-refractivity contribution is 5.74. The van der Waals surface area contributed by atoms with Crippen LogP contribution in [-0.2, 0) is 4.74 Å². The number of benzene rings is 1. The number of piperazine rings is 1. The molecule has 0 aromatic heterocycles. The Bertz CT molecular complexity index is 579. The Morgan fingerprint density at radius 3 is 2.41 bits per heavy atom. The van der Waals surface area contributed by atoms with Gasteiger partial charge in [-0.05, 0) is 56.1 Å². The number of ether oxygens (including phenoxy) is 1. The fourth-order valence-electron chi connectivity index (χ4n) is 3.81. The third kappa shape index (κ3) is 5.74. The van der Waals surface area contributed by atoms with Gasteiger partial charge in [0.15, 0.2) is 0 Å². The van der Waals surface area contributed by atoms with Crippen LogP contribution in [-0.4, -0.2) is 87.0 Å². The highest BCUT2D eigenvalue weighted by Crippen LogP contribution is 2.20. The molecule has 150 valence electrons. The number of hydrogen-bond donors (Lipinski definition) is 2. The van der Waals surface area contributed by atoms with Crippen LogP contribution in [0.3, 0.4) is 0 Å². The molecule has 1 aromatic carbocycles. The molecule has 2 aliphatic heterocycles. The Morgan fingerprint density at radius 2 is 1.78 bits per heavy atom. The molecule has 1 aromatic rings. The molecule has 0 saturated carbocycles. The van der Waals surface area contributed by atoms with Gasteiger partial charge in [0.05, 0.1) is 6.61 Å². The Kier molecular flexibility index (Phi) is 7.18. The lowest BCUT2D eigenvalue weighted by Gasteiger charge is -2.36. The Labute approximate surface area is 161 Å². The molecule has 0 aliphatic carbocycles. The number of phenols is 1. The number of methoxy groups -OCH3 is 1. The summed E-state index contributed by atoms with van der Waals surface area (Å²) in [7, 11) is 1.74. The van der Waals surface area contributed by atoms with Crippen molar-refractivity contribution in [1.82, 2.24) is 15.1 Å². The standard InChI is InChI=1S/C20H32N4O3/c1-27-15-14-22-8-6-17(7-9-22)16-21-20(26)24-12-10-23(11-13-24)18-2-4-19(25)5-3-18/h2-5,17,25H,6-16H2,1H3,(H,21,26). The second kappa shape index (κ2) is 9.80. The minimum absolute atomic E-state index is 0.0576. The predicted octanol–water partition coefficient (Wildman–Crippen LogP) is 1.58. The average Bonchev–Trinajstić information content (AvgIpc) is 2.72. The molecule has 3 rings (SSSR count). The Hall–Kier alpha value is -1.99. The number of nitrogens with one attached hydrogen (secondary N) is 1. The number of hydrogen-bond acceptors (Lipinski definition) is 5. The molecule has 27 heavy (non-hydrogen) atoms. The Balaban J connectivity index is 1.34. The maximum Gasteiger partial charge on any atom is 0.317 e. The van der Waals surface area contributed by atoms with Gasteiger partial charge in [-0.2, -0.15) is 0 Å². The van der Waals surface area contributed by atoms with Gasteiger partial charge in [-0.3, -0.25) is 0 Å². The fraction of sp³-hybridized carbons (Fsp3) is 0.650. The topological polar surface area (TPSA) is 68.3 Å². The zero-order valence-electron chi connectivity index (χ0n) is 16.3. The van der Waals surface area contributed by atoms with E-state index in [2.05, 4.69) is 15.1 Å². The third-order valence-corrected chi connectivity index (χ3v) is 5.64. The van der Waals surface area contributed by atoms with Gasteiger partial charge in [-0.25, -0.2) is 4.79 Å². The number of piperidine rings is 1. The summed E-state index contributed by atoms with van der Waals surface area (Å²) in [5.74, 6) is 0.854. The highest BCUT2D eigenvalue weighted by atomic mass is 16.5. The zero-order chi connectivity index (χ0) is 19.1. The fourth-order valence-corrected chi connectivity index (χ4v) is 3.81. The molecule has 2 N–H and O–H groups in total. The summed E-state index contributed by atoms with van der Waals surface area (Å²) in [5.41, 5.74) is 1.09. The molecule has 7 heteroatoms. The maximum atomic E-state index is 12.5. The van der Waals surface area contributed by atoms with Gasteiger partial charge in [-0.1, -0.05) is 0 Å². The minimum Gasteiger partial charge on any atom is -0.508 e. The molecule has 2 fully saturated rings. The van der Waals surface area contributed by atoms with Crippen LogP contribution in [0.25, 0.3) is 0 Å². The smallest absolute Gasteiger partial charge is 0.317 e. The van der Waals surface area contributed by atoms with Crippen molar-refractivity contribution in [2.24, 2.45) is 5.92 Å². The van der Waals surface area contributed by atoms with Crippen LogP contribution in [0.1, 0.15) is 12.8 Å². The number of urea groups is 1. The number of rotatable bonds is 6. The first-order chi connectivity index (χ1) is 13.2. The molecule has 7 nitrogen and oxygen atoms in total. The number of carbonyl (C=O) groups is 1. The van der Waals surface area contributed by atoms with Gasteiger partial charge >= 0.3 is 6.03 Å². The van der Waals surface area contributed by atoms with Crippen molar-refractivity contribution >= 4 is 11.7 Å². The molecule has 0 atom stereocenters. The lowest BCUT2D eigenvalue weighted by Crippen LogP contribution is -2.52. The van der Waals surface area contributed by atoms with Gasteiger partial charge in [-0.15, -0.1) is 0 Å². The number of amides is 2. The van der Waals surface area contributed by atoms with Gasteiger partial charge in [0.2, 0.25) is 0 Å². The molecule has 2 saturated heterocycles. The third-order valence-electron chi connectivity index (χ3n) is 5.64. The summed E-state index contributed by atoms with van der Waals surface area (Å²) in [4.78, 5) is 19.1. The number of likely N-dealkylation sites (tertiary alicyclic amines) is 1. The van der Waals surface area contributed by atoms with E-state index in [1.54, 1.807) is 19.2 Å². The van der Waals surface area contributed by atoms with E-state index in [-0.39, 0.29) is 11.8 Å². The van der Waals surface area contributed by atoms with Crippen molar-refractivity contribution in [1.29, 1.82) is 0 Å². The number of aromatic hydroxyl groups is 1.